The lowest BCUT2D eigenvalue weighted by atomic mass is 10.0. The van der Waals surface area contributed by atoms with E-state index in [9.17, 15) is 18.0 Å². The third kappa shape index (κ3) is 7.08. The van der Waals surface area contributed by atoms with E-state index in [0.29, 0.717) is 5.69 Å². The number of amides is 2. The van der Waals surface area contributed by atoms with Gasteiger partial charge < -0.3 is 10.6 Å². The fourth-order valence-electron chi connectivity index (χ4n) is 3.64. The Kier molecular flexibility index (Phi) is 7.29. The van der Waals surface area contributed by atoms with Crippen molar-refractivity contribution in [2.24, 2.45) is 0 Å². The minimum Gasteiger partial charge on any atom is -0.349 e. The standard InChI is InChI=1S/C22H28N4O4S/c1-16(27)23-19-8-9-21(25-31(2,29)30)20(14-19)22(28)24-18-10-12-26(13-11-18)15-17-6-4-3-5-7-17/h3-9,14,18,25H,10-13,15H2,1-2H3,(H,23,27)(H,24,28). The van der Waals surface area contributed by atoms with E-state index in [0.717, 1.165) is 38.7 Å². The average Bonchev–Trinajstić information content (AvgIpc) is 2.70. The molecule has 1 aliphatic heterocycles. The van der Waals surface area contributed by atoms with Gasteiger partial charge >= 0.3 is 0 Å². The number of likely N-dealkylation sites (tertiary alicyclic amines) is 1. The highest BCUT2D eigenvalue weighted by Crippen LogP contribution is 2.23. The summed E-state index contributed by atoms with van der Waals surface area (Å²) in [5, 5.41) is 5.63. The SMILES string of the molecule is CC(=O)Nc1ccc(NS(C)(=O)=O)c(C(=O)NC2CCN(Cc3ccccc3)CC2)c1. The summed E-state index contributed by atoms with van der Waals surface area (Å²) in [5.74, 6) is -0.652. The molecule has 0 aromatic heterocycles. The first-order chi connectivity index (χ1) is 14.7. The zero-order valence-corrected chi connectivity index (χ0v) is 18.5. The van der Waals surface area contributed by atoms with E-state index in [-0.39, 0.29) is 29.1 Å². The van der Waals surface area contributed by atoms with Crippen LogP contribution in [0.1, 0.15) is 35.7 Å². The van der Waals surface area contributed by atoms with Crippen molar-refractivity contribution in [3.8, 4) is 0 Å². The normalized spacial score (nSPS) is 15.3. The van der Waals surface area contributed by atoms with Gasteiger partial charge in [-0.15, -0.1) is 0 Å². The molecule has 2 amide bonds. The monoisotopic (exact) mass is 444 g/mol. The molecule has 31 heavy (non-hydrogen) atoms. The van der Waals surface area contributed by atoms with Crippen LogP contribution in [0, 0.1) is 0 Å². The third-order valence-corrected chi connectivity index (χ3v) is 5.64. The van der Waals surface area contributed by atoms with Gasteiger partial charge in [0.05, 0.1) is 17.5 Å². The molecule has 0 radical (unpaired) electrons. The van der Waals surface area contributed by atoms with Gasteiger partial charge in [0.25, 0.3) is 5.91 Å². The molecule has 0 unspecified atom stereocenters. The van der Waals surface area contributed by atoms with Crippen LogP contribution < -0.4 is 15.4 Å². The molecular formula is C22H28N4O4S. The van der Waals surface area contributed by atoms with Crippen LogP contribution in [-0.4, -0.2) is 50.5 Å². The largest absolute Gasteiger partial charge is 0.349 e. The number of carbonyl (C=O) groups is 2. The van der Waals surface area contributed by atoms with Crippen LogP contribution in [0.2, 0.25) is 0 Å². The van der Waals surface area contributed by atoms with E-state index >= 15 is 0 Å². The lowest BCUT2D eigenvalue weighted by Crippen LogP contribution is -2.44. The van der Waals surface area contributed by atoms with Crippen molar-refractivity contribution in [1.82, 2.24) is 10.2 Å². The number of rotatable bonds is 7. The Hall–Kier alpha value is -2.91. The summed E-state index contributed by atoms with van der Waals surface area (Å²) in [6.07, 6.45) is 2.64. The summed E-state index contributed by atoms with van der Waals surface area (Å²) in [6.45, 7) is 3.97. The molecule has 0 aliphatic carbocycles. The minimum absolute atomic E-state index is 0.00460. The van der Waals surface area contributed by atoms with Crippen molar-refractivity contribution in [2.45, 2.75) is 32.4 Å². The Morgan fingerprint density at radius 2 is 1.74 bits per heavy atom. The second-order valence-corrected chi connectivity index (χ2v) is 9.57. The summed E-state index contributed by atoms with van der Waals surface area (Å²) in [7, 11) is -3.56. The second-order valence-electron chi connectivity index (χ2n) is 7.83. The molecule has 8 nitrogen and oxygen atoms in total. The molecule has 166 valence electrons. The number of nitrogens with one attached hydrogen (secondary N) is 3. The summed E-state index contributed by atoms with van der Waals surface area (Å²) in [4.78, 5) is 26.7. The van der Waals surface area contributed by atoms with Gasteiger partial charge in [-0.3, -0.25) is 19.2 Å². The van der Waals surface area contributed by atoms with Crippen LogP contribution >= 0.6 is 0 Å². The molecule has 3 rings (SSSR count). The Morgan fingerprint density at radius 1 is 1.06 bits per heavy atom. The molecule has 0 saturated carbocycles. The van der Waals surface area contributed by atoms with Crippen LogP contribution in [0.3, 0.4) is 0 Å². The Morgan fingerprint density at radius 3 is 2.35 bits per heavy atom. The Bertz CT molecular complexity index is 1030. The molecule has 1 heterocycles. The number of hydrogen-bond acceptors (Lipinski definition) is 5. The smallest absolute Gasteiger partial charge is 0.253 e. The lowest BCUT2D eigenvalue weighted by molar-refractivity contribution is -0.114. The number of anilines is 2. The topological polar surface area (TPSA) is 108 Å². The summed E-state index contributed by atoms with van der Waals surface area (Å²) in [6, 6.07) is 14.8. The second kappa shape index (κ2) is 9.93. The van der Waals surface area contributed by atoms with Gasteiger partial charge in [-0.1, -0.05) is 30.3 Å². The molecule has 2 aromatic carbocycles. The van der Waals surface area contributed by atoms with Crippen molar-refractivity contribution in [2.75, 3.05) is 29.4 Å². The van der Waals surface area contributed by atoms with E-state index < -0.39 is 10.0 Å². The fourth-order valence-corrected chi connectivity index (χ4v) is 4.22. The predicted octanol–water partition coefficient (Wildman–Crippen LogP) is 2.41. The Balaban J connectivity index is 1.65. The average molecular weight is 445 g/mol. The summed E-state index contributed by atoms with van der Waals surface area (Å²) >= 11 is 0. The molecule has 1 saturated heterocycles. The molecule has 1 aliphatic rings. The first-order valence-electron chi connectivity index (χ1n) is 10.2. The highest BCUT2D eigenvalue weighted by atomic mass is 32.2. The van der Waals surface area contributed by atoms with Crippen LogP contribution in [0.25, 0.3) is 0 Å². The zero-order valence-electron chi connectivity index (χ0n) is 17.7. The number of hydrogen-bond donors (Lipinski definition) is 3. The van der Waals surface area contributed by atoms with Gasteiger partial charge in [0, 0.05) is 38.3 Å². The maximum absolute atomic E-state index is 13.0. The highest BCUT2D eigenvalue weighted by molar-refractivity contribution is 7.92. The van der Waals surface area contributed by atoms with Crippen molar-refractivity contribution in [3.05, 3.63) is 59.7 Å². The predicted molar refractivity (Wildman–Crippen MR) is 121 cm³/mol. The third-order valence-electron chi connectivity index (χ3n) is 5.05. The number of benzene rings is 2. The lowest BCUT2D eigenvalue weighted by Gasteiger charge is -2.32. The van der Waals surface area contributed by atoms with Gasteiger partial charge in [0.15, 0.2) is 0 Å². The molecular weight excluding hydrogens is 416 g/mol. The van der Waals surface area contributed by atoms with Gasteiger partial charge in [-0.05, 0) is 36.6 Å². The Labute approximate surface area is 183 Å². The first kappa shape index (κ1) is 22.8. The van der Waals surface area contributed by atoms with E-state index in [4.69, 9.17) is 0 Å². The van der Waals surface area contributed by atoms with Gasteiger partial charge in [-0.2, -0.15) is 0 Å². The van der Waals surface area contributed by atoms with E-state index in [1.54, 1.807) is 6.07 Å². The molecule has 1 fully saturated rings. The van der Waals surface area contributed by atoms with Crippen molar-refractivity contribution in [1.29, 1.82) is 0 Å². The van der Waals surface area contributed by atoms with E-state index in [2.05, 4.69) is 32.4 Å². The maximum atomic E-state index is 13.0. The minimum atomic E-state index is -3.56. The van der Waals surface area contributed by atoms with Gasteiger partial charge in [0.2, 0.25) is 15.9 Å². The van der Waals surface area contributed by atoms with Crippen LogP contribution in [0.15, 0.2) is 48.5 Å². The van der Waals surface area contributed by atoms with Crippen LogP contribution in [-0.2, 0) is 21.4 Å². The number of nitrogens with zero attached hydrogens (tertiary/aromatic N) is 1. The molecule has 3 N–H and O–H groups in total. The first-order valence-corrected chi connectivity index (χ1v) is 12.1. The van der Waals surface area contributed by atoms with Crippen molar-refractivity contribution >= 4 is 33.2 Å². The van der Waals surface area contributed by atoms with Crippen LogP contribution in [0.5, 0.6) is 0 Å². The summed E-state index contributed by atoms with van der Waals surface area (Å²) in [5.41, 5.74) is 2.03. The zero-order chi connectivity index (χ0) is 22.4. The number of carbonyl (C=O) groups excluding carboxylic acids is 2. The number of piperidine rings is 1. The molecule has 0 bridgehead atoms. The summed E-state index contributed by atoms with van der Waals surface area (Å²) < 4.78 is 25.8. The maximum Gasteiger partial charge on any atom is 0.253 e. The molecule has 0 spiro atoms. The molecule has 9 heteroatoms. The van der Waals surface area contributed by atoms with E-state index in [1.807, 2.05) is 18.2 Å². The highest BCUT2D eigenvalue weighted by Gasteiger charge is 2.23. The quantitative estimate of drug-likeness (QED) is 0.608. The number of sulfonamides is 1. The van der Waals surface area contributed by atoms with E-state index in [1.165, 1.54) is 24.6 Å². The fraction of sp³-hybridized carbons (Fsp3) is 0.364. The molecule has 2 aromatic rings. The van der Waals surface area contributed by atoms with Gasteiger partial charge in [-0.25, -0.2) is 8.42 Å². The van der Waals surface area contributed by atoms with Crippen LogP contribution in [0.4, 0.5) is 11.4 Å². The van der Waals surface area contributed by atoms with Crippen molar-refractivity contribution in [3.63, 3.8) is 0 Å². The molecule has 0 atom stereocenters. The van der Waals surface area contributed by atoms with Crippen molar-refractivity contribution < 1.29 is 18.0 Å². The van der Waals surface area contributed by atoms with Gasteiger partial charge in [0.1, 0.15) is 0 Å².